The summed E-state index contributed by atoms with van der Waals surface area (Å²) in [6.45, 7) is 8.46. The predicted molar refractivity (Wildman–Crippen MR) is 112 cm³/mol. The van der Waals surface area contributed by atoms with Crippen molar-refractivity contribution in [3.05, 3.63) is 11.8 Å². The van der Waals surface area contributed by atoms with Crippen LogP contribution in [0.5, 0.6) is 0 Å². The van der Waals surface area contributed by atoms with Crippen LogP contribution in [0.3, 0.4) is 0 Å². The summed E-state index contributed by atoms with van der Waals surface area (Å²) in [6, 6.07) is 1.66. The maximum Gasteiger partial charge on any atom is 0.245 e. The van der Waals surface area contributed by atoms with Gasteiger partial charge in [-0.2, -0.15) is 0 Å². The number of unbranched alkanes of at least 4 members (excludes halogenated alkanes) is 5. The molecule has 1 aromatic rings. The Hall–Kier alpha value is -1.93. The molecule has 0 spiro atoms. The lowest BCUT2D eigenvalue weighted by Gasteiger charge is -2.30. The standard InChI is InChI=1S/C21H36N4O4/c1-3-4-5-6-7-8-9-21(27)25(11-10-24-12-14-28-15-13-24)17-20(26)22-19-16-18(2)29-23-19/h16H,3-15,17H2,1-2H3,(H,22,23,26). The van der Waals surface area contributed by atoms with Crippen LogP contribution in [-0.4, -0.2) is 72.7 Å². The molecule has 164 valence electrons. The first kappa shape index (κ1) is 23.3. The van der Waals surface area contributed by atoms with E-state index >= 15 is 0 Å². The molecular weight excluding hydrogens is 372 g/mol. The van der Waals surface area contributed by atoms with Crippen LogP contribution in [0.4, 0.5) is 5.82 Å². The smallest absolute Gasteiger partial charge is 0.245 e. The predicted octanol–water partition coefficient (Wildman–Crippen LogP) is 2.83. The summed E-state index contributed by atoms with van der Waals surface area (Å²) >= 11 is 0. The zero-order valence-electron chi connectivity index (χ0n) is 18.0. The molecular formula is C21H36N4O4. The second kappa shape index (κ2) is 13.3. The molecule has 8 heteroatoms. The van der Waals surface area contributed by atoms with Gasteiger partial charge in [0, 0.05) is 38.7 Å². The van der Waals surface area contributed by atoms with E-state index in [2.05, 4.69) is 22.3 Å². The molecule has 0 aromatic carbocycles. The fourth-order valence-corrected chi connectivity index (χ4v) is 3.37. The molecule has 1 saturated heterocycles. The van der Waals surface area contributed by atoms with Gasteiger partial charge in [0.1, 0.15) is 5.76 Å². The van der Waals surface area contributed by atoms with Gasteiger partial charge in [-0.1, -0.05) is 44.2 Å². The van der Waals surface area contributed by atoms with Gasteiger partial charge in [0.05, 0.1) is 19.8 Å². The number of amides is 2. The number of morpholine rings is 1. The molecule has 1 N–H and O–H groups in total. The first-order valence-electron chi connectivity index (χ1n) is 10.9. The van der Waals surface area contributed by atoms with Crippen molar-refractivity contribution in [2.24, 2.45) is 0 Å². The van der Waals surface area contributed by atoms with E-state index in [9.17, 15) is 9.59 Å². The van der Waals surface area contributed by atoms with Gasteiger partial charge in [0.15, 0.2) is 5.82 Å². The summed E-state index contributed by atoms with van der Waals surface area (Å²) in [6.07, 6.45) is 7.29. The van der Waals surface area contributed by atoms with Crippen LogP contribution in [0.2, 0.25) is 0 Å². The first-order valence-corrected chi connectivity index (χ1v) is 10.9. The number of ether oxygens (including phenoxy) is 1. The van der Waals surface area contributed by atoms with E-state index in [1.807, 2.05) is 0 Å². The van der Waals surface area contributed by atoms with Crippen LogP contribution in [-0.2, 0) is 14.3 Å². The molecule has 0 aliphatic carbocycles. The van der Waals surface area contributed by atoms with E-state index in [-0.39, 0.29) is 18.4 Å². The van der Waals surface area contributed by atoms with Crippen molar-refractivity contribution < 1.29 is 18.8 Å². The molecule has 2 rings (SSSR count). The van der Waals surface area contributed by atoms with Crippen LogP contribution in [0.1, 0.15) is 57.6 Å². The van der Waals surface area contributed by atoms with E-state index in [4.69, 9.17) is 9.26 Å². The Kier molecular flexibility index (Phi) is 10.7. The fraction of sp³-hybridized carbons (Fsp3) is 0.762. The molecule has 2 heterocycles. The highest BCUT2D eigenvalue weighted by molar-refractivity contribution is 5.93. The van der Waals surface area contributed by atoms with Crippen molar-refractivity contribution in [3.8, 4) is 0 Å². The molecule has 8 nitrogen and oxygen atoms in total. The van der Waals surface area contributed by atoms with Crippen molar-refractivity contribution in [2.75, 3.05) is 51.3 Å². The number of rotatable bonds is 13. The Labute approximate surface area is 173 Å². The molecule has 1 aliphatic rings. The second-order valence-corrected chi connectivity index (χ2v) is 7.66. The molecule has 2 amide bonds. The van der Waals surface area contributed by atoms with Gasteiger partial charge >= 0.3 is 0 Å². The van der Waals surface area contributed by atoms with Crippen LogP contribution in [0.25, 0.3) is 0 Å². The Morgan fingerprint density at radius 1 is 1.17 bits per heavy atom. The van der Waals surface area contributed by atoms with E-state index in [0.717, 1.165) is 45.7 Å². The van der Waals surface area contributed by atoms with Gasteiger partial charge in [-0.3, -0.25) is 14.5 Å². The number of hydrogen-bond donors (Lipinski definition) is 1. The molecule has 1 aromatic heterocycles. The van der Waals surface area contributed by atoms with E-state index in [0.29, 0.717) is 24.5 Å². The number of carbonyl (C=O) groups excluding carboxylic acids is 2. The summed E-state index contributed by atoms with van der Waals surface area (Å²) in [5.41, 5.74) is 0. The third-order valence-corrected chi connectivity index (χ3v) is 5.12. The Morgan fingerprint density at radius 3 is 2.59 bits per heavy atom. The molecule has 0 atom stereocenters. The summed E-state index contributed by atoms with van der Waals surface area (Å²) in [5, 5.41) is 6.49. The van der Waals surface area contributed by atoms with Crippen LogP contribution in [0, 0.1) is 6.92 Å². The van der Waals surface area contributed by atoms with Crippen molar-refractivity contribution in [2.45, 2.75) is 58.8 Å². The van der Waals surface area contributed by atoms with Gasteiger partial charge in [0.2, 0.25) is 11.8 Å². The van der Waals surface area contributed by atoms with Crippen molar-refractivity contribution in [1.82, 2.24) is 15.0 Å². The van der Waals surface area contributed by atoms with E-state index in [1.165, 1.54) is 25.7 Å². The van der Waals surface area contributed by atoms with Crippen LogP contribution < -0.4 is 5.32 Å². The zero-order chi connectivity index (χ0) is 20.9. The minimum absolute atomic E-state index is 0.0327. The maximum absolute atomic E-state index is 12.8. The average molecular weight is 409 g/mol. The fourth-order valence-electron chi connectivity index (χ4n) is 3.37. The lowest BCUT2D eigenvalue weighted by atomic mass is 10.1. The lowest BCUT2D eigenvalue weighted by molar-refractivity contribution is -0.135. The molecule has 0 bridgehead atoms. The largest absolute Gasteiger partial charge is 0.379 e. The average Bonchev–Trinajstić information content (AvgIpc) is 3.12. The Balaban J connectivity index is 1.81. The van der Waals surface area contributed by atoms with Crippen LogP contribution in [0.15, 0.2) is 10.6 Å². The lowest BCUT2D eigenvalue weighted by Crippen LogP contribution is -2.45. The van der Waals surface area contributed by atoms with Crippen molar-refractivity contribution in [1.29, 1.82) is 0 Å². The summed E-state index contributed by atoms with van der Waals surface area (Å²) in [5.74, 6) is 0.796. The molecule has 0 saturated carbocycles. The minimum Gasteiger partial charge on any atom is -0.379 e. The molecule has 1 fully saturated rings. The third-order valence-electron chi connectivity index (χ3n) is 5.12. The Bertz CT molecular complexity index is 614. The van der Waals surface area contributed by atoms with Gasteiger partial charge in [-0.25, -0.2) is 0 Å². The van der Waals surface area contributed by atoms with Crippen LogP contribution >= 0.6 is 0 Å². The molecule has 1 aliphatic heterocycles. The van der Waals surface area contributed by atoms with E-state index < -0.39 is 0 Å². The van der Waals surface area contributed by atoms with Gasteiger partial charge < -0.3 is 19.5 Å². The molecule has 0 unspecified atom stereocenters. The highest BCUT2D eigenvalue weighted by Gasteiger charge is 2.19. The highest BCUT2D eigenvalue weighted by atomic mass is 16.5. The Morgan fingerprint density at radius 2 is 1.90 bits per heavy atom. The summed E-state index contributed by atoms with van der Waals surface area (Å²) in [7, 11) is 0. The summed E-state index contributed by atoms with van der Waals surface area (Å²) in [4.78, 5) is 29.1. The molecule has 29 heavy (non-hydrogen) atoms. The quantitative estimate of drug-likeness (QED) is 0.505. The topological polar surface area (TPSA) is 87.9 Å². The van der Waals surface area contributed by atoms with E-state index in [1.54, 1.807) is 17.9 Å². The number of nitrogens with one attached hydrogen (secondary N) is 1. The third kappa shape index (κ3) is 9.41. The van der Waals surface area contributed by atoms with Gasteiger partial charge in [-0.05, 0) is 13.3 Å². The van der Waals surface area contributed by atoms with Crippen molar-refractivity contribution in [3.63, 3.8) is 0 Å². The SMILES string of the molecule is CCCCCCCCC(=O)N(CCN1CCOCC1)CC(=O)Nc1cc(C)on1. The normalized spacial score (nSPS) is 14.7. The zero-order valence-corrected chi connectivity index (χ0v) is 18.0. The highest BCUT2D eigenvalue weighted by Crippen LogP contribution is 2.10. The number of anilines is 1. The van der Waals surface area contributed by atoms with Gasteiger partial charge in [0.25, 0.3) is 0 Å². The monoisotopic (exact) mass is 408 g/mol. The number of aryl methyl sites for hydroxylation is 1. The minimum atomic E-state index is -0.253. The number of hydrogen-bond acceptors (Lipinski definition) is 6. The first-order chi connectivity index (χ1) is 14.1. The summed E-state index contributed by atoms with van der Waals surface area (Å²) < 4.78 is 10.4. The maximum atomic E-state index is 12.8. The second-order valence-electron chi connectivity index (χ2n) is 7.66. The van der Waals surface area contributed by atoms with Gasteiger partial charge in [-0.15, -0.1) is 0 Å². The number of aromatic nitrogens is 1. The number of nitrogens with zero attached hydrogens (tertiary/aromatic N) is 3. The molecule has 0 radical (unpaired) electrons. The van der Waals surface area contributed by atoms with Crippen molar-refractivity contribution >= 4 is 17.6 Å². The number of carbonyl (C=O) groups is 2.